The molecule has 0 aliphatic heterocycles. The molecular formula is C19H16IN3O4. The molecule has 0 aliphatic rings. The van der Waals surface area contributed by atoms with Crippen LogP contribution in [0.3, 0.4) is 0 Å². The summed E-state index contributed by atoms with van der Waals surface area (Å²) in [6, 6.07) is 14.2. The lowest BCUT2D eigenvalue weighted by atomic mass is 10.2. The Kier molecular flexibility index (Phi) is 6.17. The highest BCUT2D eigenvalue weighted by molar-refractivity contribution is 14.1. The second-order valence-electron chi connectivity index (χ2n) is 5.75. The summed E-state index contributed by atoms with van der Waals surface area (Å²) >= 11 is 2.17. The van der Waals surface area contributed by atoms with E-state index in [4.69, 9.17) is 4.74 Å². The van der Waals surface area contributed by atoms with Gasteiger partial charge in [0.1, 0.15) is 5.82 Å². The number of ether oxygens (including phenoxy) is 1. The molecule has 0 radical (unpaired) electrons. The fraction of sp³-hybridized carbons (Fsp3) is 0.158. The molecule has 138 valence electrons. The molecule has 0 unspecified atom stereocenters. The zero-order chi connectivity index (χ0) is 19.2. The van der Waals surface area contributed by atoms with Crippen LogP contribution in [-0.4, -0.2) is 28.5 Å². The third-order valence-electron chi connectivity index (χ3n) is 3.72. The van der Waals surface area contributed by atoms with Crippen LogP contribution in [0.15, 0.2) is 53.3 Å². The van der Waals surface area contributed by atoms with Crippen LogP contribution in [0.2, 0.25) is 0 Å². The van der Waals surface area contributed by atoms with E-state index in [2.05, 4.69) is 37.9 Å². The first-order chi connectivity index (χ1) is 13.0. The van der Waals surface area contributed by atoms with Gasteiger partial charge < -0.3 is 15.0 Å². The van der Waals surface area contributed by atoms with Crippen LogP contribution in [0, 0.1) is 3.57 Å². The molecule has 1 amide bonds. The van der Waals surface area contributed by atoms with Gasteiger partial charge in [-0.2, -0.15) is 0 Å². The molecule has 0 saturated heterocycles. The highest BCUT2D eigenvalue weighted by Gasteiger charge is 2.10. The monoisotopic (exact) mass is 477 g/mol. The van der Waals surface area contributed by atoms with Gasteiger partial charge in [-0.05, 0) is 59.0 Å². The number of hydrogen-bond donors (Lipinski definition) is 2. The largest absolute Gasteiger partial charge is 0.456 e. The maximum absolute atomic E-state index is 12.0. The number of nitrogens with zero attached hydrogens (tertiary/aromatic N) is 1. The smallest absolute Gasteiger partial charge is 0.306 e. The van der Waals surface area contributed by atoms with E-state index in [0.717, 1.165) is 3.57 Å². The highest BCUT2D eigenvalue weighted by Crippen LogP contribution is 2.11. The summed E-state index contributed by atoms with van der Waals surface area (Å²) in [5, 5.41) is 3.14. The van der Waals surface area contributed by atoms with Gasteiger partial charge in [0, 0.05) is 15.7 Å². The first-order valence-corrected chi connectivity index (χ1v) is 9.28. The number of carbonyl (C=O) groups is 2. The maximum atomic E-state index is 12.0. The summed E-state index contributed by atoms with van der Waals surface area (Å²) in [5.74, 6) is -0.552. The Morgan fingerprint density at radius 2 is 1.85 bits per heavy atom. The predicted octanol–water partition coefficient (Wildman–Crippen LogP) is 2.64. The van der Waals surface area contributed by atoms with Crippen molar-refractivity contribution in [3.05, 3.63) is 68.3 Å². The zero-order valence-electron chi connectivity index (χ0n) is 14.2. The van der Waals surface area contributed by atoms with Gasteiger partial charge in [0.2, 0.25) is 0 Å². The number of amides is 1. The first kappa shape index (κ1) is 19.0. The molecule has 3 aromatic rings. The number of para-hydroxylation sites is 1. The van der Waals surface area contributed by atoms with Gasteiger partial charge in [0.05, 0.1) is 17.3 Å². The van der Waals surface area contributed by atoms with Gasteiger partial charge in [-0.3, -0.25) is 14.4 Å². The topological polar surface area (TPSA) is 101 Å². The summed E-state index contributed by atoms with van der Waals surface area (Å²) in [4.78, 5) is 42.6. The number of aromatic nitrogens is 2. The van der Waals surface area contributed by atoms with Gasteiger partial charge in [0.25, 0.3) is 11.5 Å². The summed E-state index contributed by atoms with van der Waals surface area (Å²) in [6.45, 7) is -0.369. The number of rotatable bonds is 6. The van der Waals surface area contributed by atoms with Crippen molar-refractivity contribution in [1.29, 1.82) is 0 Å². The quantitative estimate of drug-likeness (QED) is 0.420. The molecule has 0 atom stereocenters. The molecule has 2 aromatic carbocycles. The minimum atomic E-state index is -0.538. The summed E-state index contributed by atoms with van der Waals surface area (Å²) in [5.41, 5.74) is 0.955. The van der Waals surface area contributed by atoms with Crippen molar-refractivity contribution in [2.45, 2.75) is 12.8 Å². The number of anilines is 1. The van der Waals surface area contributed by atoms with Crippen LogP contribution in [0.5, 0.6) is 0 Å². The number of benzene rings is 2. The summed E-state index contributed by atoms with van der Waals surface area (Å²) in [7, 11) is 0. The number of halogens is 1. The molecule has 1 aromatic heterocycles. The fourth-order valence-corrected chi connectivity index (χ4v) is 2.78. The van der Waals surface area contributed by atoms with E-state index in [9.17, 15) is 14.4 Å². The standard InChI is InChI=1S/C19H16IN3O4/c20-12-5-7-13(8-6-12)21-17(24)11-27-18(25)10-9-16-22-15-4-2-1-3-14(15)19(26)23-16/h1-8H,9-11H2,(H,21,24)(H,22,23,26). The van der Waals surface area contributed by atoms with E-state index in [1.165, 1.54) is 0 Å². The Labute approximate surface area is 168 Å². The van der Waals surface area contributed by atoms with Crippen molar-refractivity contribution in [3.8, 4) is 0 Å². The Morgan fingerprint density at radius 1 is 1.11 bits per heavy atom. The molecule has 0 saturated carbocycles. The Hall–Kier alpha value is -2.75. The normalized spacial score (nSPS) is 10.6. The summed E-state index contributed by atoms with van der Waals surface area (Å²) in [6.07, 6.45) is 0.232. The van der Waals surface area contributed by atoms with Crippen LogP contribution >= 0.6 is 22.6 Å². The molecule has 7 nitrogen and oxygen atoms in total. The molecule has 27 heavy (non-hydrogen) atoms. The number of hydrogen-bond acceptors (Lipinski definition) is 5. The van der Waals surface area contributed by atoms with E-state index in [-0.39, 0.29) is 25.0 Å². The van der Waals surface area contributed by atoms with Gasteiger partial charge in [-0.25, -0.2) is 4.98 Å². The second kappa shape index (κ2) is 8.76. The third-order valence-corrected chi connectivity index (χ3v) is 4.44. The minimum absolute atomic E-state index is 0.0120. The maximum Gasteiger partial charge on any atom is 0.306 e. The fourth-order valence-electron chi connectivity index (χ4n) is 2.42. The Bertz CT molecular complexity index is 1030. The van der Waals surface area contributed by atoms with Crippen molar-refractivity contribution >= 4 is 51.1 Å². The van der Waals surface area contributed by atoms with Crippen LogP contribution in [0.4, 0.5) is 5.69 Å². The van der Waals surface area contributed by atoms with Crippen molar-refractivity contribution in [3.63, 3.8) is 0 Å². The summed E-state index contributed by atoms with van der Waals surface area (Å²) < 4.78 is 6.02. The lowest BCUT2D eigenvalue weighted by molar-refractivity contribution is -0.147. The van der Waals surface area contributed by atoms with E-state index in [1.807, 2.05) is 12.1 Å². The van der Waals surface area contributed by atoms with Crippen molar-refractivity contribution in [2.24, 2.45) is 0 Å². The van der Waals surface area contributed by atoms with Crippen molar-refractivity contribution in [2.75, 3.05) is 11.9 Å². The molecule has 8 heteroatoms. The van der Waals surface area contributed by atoms with E-state index in [0.29, 0.717) is 22.4 Å². The average molecular weight is 477 g/mol. The molecule has 3 rings (SSSR count). The van der Waals surface area contributed by atoms with Gasteiger partial charge in [0.15, 0.2) is 6.61 Å². The van der Waals surface area contributed by atoms with Gasteiger partial charge >= 0.3 is 5.97 Å². The molecule has 2 N–H and O–H groups in total. The van der Waals surface area contributed by atoms with E-state index >= 15 is 0 Å². The lowest BCUT2D eigenvalue weighted by Crippen LogP contribution is -2.21. The number of fused-ring (bicyclic) bond motifs is 1. The molecular weight excluding hydrogens is 461 g/mol. The van der Waals surface area contributed by atoms with Gasteiger partial charge in [-0.1, -0.05) is 12.1 Å². The Morgan fingerprint density at radius 3 is 2.63 bits per heavy atom. The van der Waals surface area contributed by atoms with E-state index < -0.39 is 11.9 Å². The Balaban J connectivity index is 1.49. The van der Waals surface area contributed by atoms with Crippen LogP contribution in [0.1, 0.15) is 12.2 Å². The minimum Gasteiger partial charge on any atom is -0.456 e. The van der Waals surface area contributed by atoms with E-state index in [1.54, 1.807) is 36.4 Å². The molecule has 0 fully saturated rings. The number of aromatic amines is 1. The number of aryl methyl sites for hydroxylation is 1. The third kappa shape index (κ3) is 5.36. The van der Waals surface area contributed by atoms with Crippen LogP contribution in [-0.2, 0) is 20.7 Å². The predicted molar refractivity (Wildman–Crippen MR) is 109 cm³/mol. The first-order valence-electron chi connectivity index (χ1n) is 8.20. The number of H-pyrrole nitrogens is 1. The average Bonchev–Trinajstić information content (AvgIpc) is 2.66. The van der Waals surface area contributed by atoms with Crippen LogP contribution in [0.25, 0.3) is 10.9 Å². The van der Waals surface area contributed by atoms with Crippen molar-refractivity contribution in [1.82, 2.24) is 9.97 Å². The molecule has 0 aliphatic carbocycles. The molecule has 0 spiro atoms. The van der Waals surface area contributed by atoms with Crippen molar-refractivity contribution < 1.29 is 14.3 Å². The molecule has 1 heterocycles. The lowest BCUT2D eigenvalue weighted by Gasteiger charge is -2.07. The zero-order valence-corrected chi connectivity index (χ0v) is 16.4. The SMILES string of the molecule is O=C(COC(=O)CCc1nc2ccccc2c(=O)[nH]1)Nc1ccc(I)cc1. The van der Waals surface area contributed by atoms with Gasteiger partial charge in [-0.15, -0.1) is 0 Å². The van der Waals surface area contributed by atoms with Crippen LogP contribution < -0.4 is 10.9 Å². The molecule has 0 bridgehead atoms. The number of esters is 1. The number of carbonyl (C=O) groups excluding carboxylic acids is 2. The highest BCUT2D eigenvalue weighted by atomic mass is 127. The second-order valence-corrected chi connectivity index (χ2v) is 6.99. The number of nitrogens with one attached hydrogen (secondary N) is 2.